The smallest absolute Gasteiger partial charge is 0.115 e. The maximum atomic E-state index is 5.44. The van der Waals surface area contributed by atoms with E-state index in [1.165, 1.54) is 44.5 Å². The van der Waals surface area contributed by atoms with E-state index < -0.39 is 0 Å². The molecule has 2 aliphatic rings. The maximum Gasteiger partial charge on any atom is 0.115 e. The van der Waals surface area contributed by atoms with Crippen molar-refractivity contribution in [1.82, 2.24) is 14.9 Å². The lowest BCUT2D eigenvalue weighted by atomic mass is 9.92. The van der Waals surface area contributed by atoms with Crippen LogP contribution in [-0.4, -0.2) is 47.7 Å². The first-order chi connectivity index (χ1) is 9.42. The van der Waals surface area contributed by atoms with Crippen molar-refractivity contribution in [3.05, 3.63) is 24.3 Å². The quantitative estimate of drug-likeness (QED) is 0.835. The highest BCUT2D eigenvalue weighted by Gasteiger charge is 2.25. The molecular weight excluding hydrogens is 238 g/mol. The third-order valence-electron chi connectivity index (χ3n) is 4.39. The second kappa shape index (κ2) is 6.44. The minimum atomic E-state index is 0.594. The number of hydrogen-bond donors (Lipinski definition) is 0. The van der Waals surface area contributed by atoms with Crippen LogP contribution in [0.4, 0.5) is 0 Å². The molecule has 0 amide bonds. The SMILES string of the molecule is c1cc([C@@H]2CCCN(CC3CCOCC3)C2)ncn1. The molecule has 0 aromatic carbocycles. The van der Waals surface area contributed by atoms with Crippen LogP contribution >= 0.6 is 0 Å². The molecule has 0 aliphatic carbocycles. The second-order valence-electron chi connectivity index (χ2n) is 5.79. The molecule has 104 valence electrons. The second-order valence-corrected chi connectivity index (χ2v) is 5.79. The molecule has 4 heteroatoms. The number of hydrogen-bond acceptors (Lipinski definition) is 4. The van der Waals surface area contributed by atoms with E-state index in [0.717, 1.165) is 25.7 Å². The fourth-order valence-corrected chi connectivity index (χ4v) is 3.30. The van der Waals surface area contributed by atoms with Crippen LogP contribution < -0.4 is 0 Å². The molecule has 2 fully saturated rings. The highest BCUT2D eigenvalue weighted by molar-refractivity contribution is 5.07. The van der Waals surface area contributed by atoms with Crippen molar-refractivity contribution in [3.8, 4) is 0 Å². The summed E-state index contributed by atoms with van der Waals surface area (Å²) in [5, 5.41) is 0. The molecule has 0 N–H and O–H groups in total. The van der Waals surface area contributed by atoms with Crippen molar-refractivity contribution < 1.29 is 4.74 Å². The van der Waals surface area contributed by atoms with Gasteiger partial charge in [-0.05, 0) is 44.2 Å². The molecule has 2 aliphatic heterocycles. The number of rotatable bonds is 3. The lowest BCUT2D eigenvalue weighted by Gasteiger charge is -2.35. The summed E-state index contributed by atoms with van der Waals surface area (Å²) in [7, 11) is 0. The summed E-state index contributed by atoms with van der Waals surface area (Å²) in [6, 6.07) is 2.07. The lowest BCUT2D eigenvalue weighted by molar-refractivity contribution is 0.0482. The van der Waals surface area contributed by atoms with Gasteiger partial charge in [-0.1, -0.05) is 0 Å². The van der Waals surface area contributed by atoms with Gasteiger partial charge in [-0.25, -0.2) is 9.97 Å². The van der Waals surface area contributed by atoms with Gasteiger partial charge in [0.1, 0.15) is 6.33 Å². The first kappa shape index (κ1) is 13.0. The van der Waals surface area contributed by atoms with E-state index in [1.54, 1.807) is 6.33 Å². The van der Waals surface area contributed by atoms with Gasteiger partial charge in [0.15, 0.2) is 0 Å². The molecule has 1 aromatic rings. The van der Waals surface area contributed by atoms with Gasteiger partial charge in [0.25, 0.3) is 0 Å². The van der Waals surface area contributed by atoms with Gasteiger partial charge in [0, 0.05) is 44.1 Å². The van der Waals surface area contributed by atoms with Crippen molar-refractivity contribution in [2.75, 3.05) is 32.8 Å². The van der Waals surface area contributed by atoms with Crippen molar-refractivity contribution in [2.24, 2.45) is 5.92 Å². The van der Waals surface area contributed by atoms with Crippen molar-refractivity contribution >= 4 is 0 Å². The first-order valence-electron chi connectivity index (χ1n) is 7.48. The molecular formula is C15H23N3O. The topological polar surface area (TPSA) is 38.2 Å². The van der Waals surface area contributed by atoms with Crippen LogP contribution in [0.15, 0.2) is 18.6 Å². The predicted octanol–water partition coefficient (Wildman–Crippen LogP) is 2.08. The minimum absolute atomic E-state index is 0.594. The highest BCUT2D eigenvalue weighted by Crippen LogP contribution is 2.26. The largest absolute Gasteiger partial charge is 0.381 e. The van der Waals surface area contributed by atoms with Crippen LogP contribution in [0.1, 0.15) is 37.3 Å². The molecule has 1 atom stereocenters. The van der Waals surface area contributed by atoms with Gasteiger partial charge in [-0.15, -0.1) is 0 Å². The van der Waals surface area contributed by atoms with Crippen LogP contribution in [0.3, 0.4) is 0 Å². The average Bonchev–Trinajstić information content (AvgIpc) is 2.49. The number of likely N-dealkylation sites (tertiary alicyclic amines) is 1. The Morgan fingerprint density at radius 2 is 2.16 bits per heavy atom. The lowest BCUT2D eigenvalue weighted by Crippen LogP contribution is -2.39. The molecule has 0 saturated carbocycles. The fraction of sp³-hybridized carbons (Fsp3) is 0.733. The van der Waals surface area contributed by atoms with E-state index in [1.807, 2.05) is 6.20 Å². The van der Waals surface area contributed by atoms with E-state index in [4.69, 9.17) is 4.74 Å². The minimum Gasteiger partial charge on any atom is -0.381 e. The van der Waals surface area contributed by atoms with Crippen LogP contribution in [0.25, 0.3) is 0 Å². The molecule has 0 spiro atoms. The third kappa shape index (κ3) is 3.51. The third-order valence-corrected chi connectivity index (χ3v) is 4.39. The molecule has 3 rings (SSSR count). The summed E-state index contributed by atoms with van der Waals surface area (Å²) in [6.45, 7) is 5.56. The van der Waals surface area contributed by atoms with Crippen LogP contribution in [0, 0.1) is 5.92 Å². The zero-order valence-electron chi connectivity index (χ0n) is 11.5. The van der Waals surface area contributed by atoms with Gasteiger partial charge >= 0.3 is 0 Å². The Morgan fingerprint density at radius 3 is 2.95 bits per heavy atom. The van der Waals surface area contributed by atoms with Gasteiger partial charge < -0.3 is 9.64 Å². The predicted molar refractivity (Wildman–Crippen MR) is 74.0 cm³/mol. The highest BCUT2D eigenvalue weighted by atomic mass is 16.5. The van der Waals surface area contributed by atoms with Crippen LogP contribution in [0.5, 0.6) is 0 Å². The Morgan fingerprint density at radius 1 is 1.26 bits per heavy atom. The molecule has 1 aromatic heterocycles. The Balaban J connectivity index is 1.55. The normalized spacial score (nSPS) is 26.4. The Kier molecular flexibility index (Phi) is 4.41. The van der Waals surface area contributed by atoms with Crippen molar-refractivity contribution in [3.63, 3.8) is 0 Å². The van der Waals surface area contributed by atoms with Crippen molar-refractivity contribution in [2.45, 2.75) is 31.6 Å². The number of aromatic nitrogens is 2. The summed E-state index contributed by atoms with van der Waals surface area (Å²) >= 11 is 0. The first-order valence-corrected chi connectivity index (χ1v) is 7.48. The molecule has 0 bridgehead atoms. The number of nitrogens with zero attached hydrogens (tertiary/aromatic N) is 3. The van der Waals surface area contributed by atoms with E-state index >= 15 is 0 Å². The molecule has 2 saturated heterocycles. The zero-order chi connectivity index (χ0) is 12.9. The maximum absolute atomic E-state index is 5.44. The monoisotopic (exact) mass is 261 g/mol. The van der Waals surface area contributed by atoms with E-state index in [2.05, 4.69) is 20.9 Å². The summed E-state index contributed by atoms with van der Waals surface area (Å²) in [5.74, 6) is 1.43. The Labute approximate surface area is 115 Å². The van der Waals surface area contributed by atoms with Crippen LogP contribution in [0.2, 0.25) is 0 Å². The molecule has 0 unspecified atom stereocenters. The van der Waals surface area contributed by atoms with Gasteiger partial charge in [-0.3, -0.25) is 0 Å². The average molecular weight is 261 g/mol. The molecule has 4 nitrogen and oxygen atoms in total. The van der Waals surface area contributed by atoms with E-state index in [0.29, 0.717) is 5.92 Å². The summed E-state index contributed by atoms with van der Waals surface area (Å²) in [4.78, 5) is 11.1. The van der Waals surface area contributed by atoms with Crippen molar-refractivity contribution in [1.29, 1.82) is 0 Å². The molecule has 3 heterocycles. The summed E-state index contributed by atoms with van der Waals surface area (Å²) in [5.41, 5.74) is 1.21. The standard InChI is InChI=1S/C15H23N3O/c1-2-14(15-3-6-16-12-17-15)11-18(7-1)10-13-4-8-19-9-5-13/h3,6,12-14H,1-2,4-5,7-11H2/t14-/m1/s1. The van der Waals surface area contributed by atoms with E-state index in [9.17, 15) is 0 Å². The zero-order valence-corrected chi connectivity index (χ0v) is 11.5. The molecule has 0 radical (unpaired) electrons. The summed E-state index contributed by atoms with van der Waals surface area (Å²) < 4.78 is 5.44. The van der Waals surface area contributed by atoms with Gasteiger partial charge in [0.05, 0.1) is 0 Å². The number of piperidine rings is 1. The fourth-order valence-electron chi connectivity index (χ4n) is 3.30. The van der Waals surface area contributed by atoms with Crippen LogP contribution in [-0.2, 0) is 4.74 Å². The van der Waals surface area contributed by atoms with E-state index in [-0.39, 0.29) is 0 Å². The number of ether oxygens (including phenoxy) is 1. The van der Waals surface area contributed by atoms with Gasteiger partial charge in [0.2, 0.25) is 0 Å². The summed E-state index contributed by atoms with van der Waals surface area (Å²) in [6.07, 6.45) is 8.55. The molecule has 19 heavy (non-hydrogen) atoms. The Bertz CT molecular complexity index is 378. The Hall–Kier alpha value is -1.00. The van der Waals surface area contributed by atoms with Gasteiger partial charge in [-0.2, -0.15) is 0 Å².